The van der Waals surface area contributed by atoms with Gasteiger partial charge in [0.25, 0.3) is 5.91 Å². The Kier molecular flexibility index (Phi) is 4.49. The van der Waals surface area contributed by atoms with Gasteiger partial charge in [-0.05, 0) is 23.8 Å². The molecule has 0 radical (unpaired) electrons. The van der Waals surface area contributed by atoms with Crippen LogP contribution in [0.4, 0.5) is 4.39 Å². The minimum atomic E-state index is -0.698. The zero-order chi connectivity index (χ0) is 17.3. The Morgan fingerprint density at radius 2 is 2.04 bits per heavy atom. The van der Waals surface area contributed by atoms with Gasteiger partial charge in [0.1, 0.15) is 0 Å². The first-order valence-corrected chi connectivity index (χ1v) is 7.76. The molecule has 7 heteroatoms. The molecule has 5 nitrogen and oxygen atoms in total. The molecule has 24 heavy (non-hydrogen) atoms. The maximum atomic E-state index is 13.7. The minimum Gasteiger partial charge on any atom is -0.346 e. The van der Waals surface area contributed by atoms with E-state index in [0.29, 0.717) is 5.02 Å². The standard InChI is InChI=1S/C17H15ClFN3O2/c1-22-15(23)8-14(16(22)10-2-4-11(18)5-3-10)21-17(24)12-6-7-20-9-13(12)19/h2-7,9,14,16H,8H2,1H3,(H,21,24)/t14-,16+/m0/s1. The van der Waals surface area contributed by atoms with E-state index in [9.17, 15) is 14.0 Å². The van der Waals surface area contributed by atoms with E-state index in [0.717, 1.165) is 11.8 Å². The lowest BCUT2D eigenvalue weighted by Crippen LogP contribution is -2.39. The summed E-state index contributed by atoms with van der Waals surface area (Å²) in [5.41, 5.74) is 0.759. The Labute approximate surface area is 143 Å². The SMILES string of the molecule is CN1C(=O)C[C@H](NC(=O)c2ccncc2F)[C@H]1c1ccc(Cl)cc1. The monoisotopic (exact) mass is 347 g/mol. The second kappa shape index (κ2) is 6.57. The van der Waals surface area contributed by atoms with E-state index < -0.39 is 17.8 Å². The molecule has 1 fully saturated rings. The number of nitrogens with zero attached hydrogens (tertiary/aromatic N) is 2. The Hall–Kier alpha value is -2.47. The zero-order valence-electron chi connectivity index (χ0n) is 12.9. The molecule has 1 aromatic carbocycles. The van der Waals surface area contributed by atoms with Crippen LogP contribution < -0.4 is 5.32 Å². The third kappa shape index (κ3) is 3.10. The van der Waals surface area contributed by atoms with Crippen molar-refractivity contribution < 1.29 is 14.0 Å². The number of benzene rings is 1. The number of carbonyl (C=O) groups excluding carboxylic acids is 2. The lowest BCUT2D eigenvalue weighted by Gasteiger charge is -2.26. The maximum absolute atomic E-state index is 13.7. The highest BCUT2D eigenvalue weighted by Crippen LogP contribution is 2.32. The molecule has 1 N–H and O–H groups in total. The highest BCUT2D eigenvalue weighted by Gasteiger charge is 2.39. The second-order valence-electron chi connectivity index (χ2n) is 5.64. The van der Waals surface area contributed by atoms with E-state index in [-0.39, 0.29) is 23.9 Å². The highest BCUT2D eigenvalue weighted by molar-refractivity contribution is 6.30. The molecule has 1 aliphatic heterocycles. The second-order valence-corrected chi connectivity index (χ2v) is 6.08. The van der Waals surface area contributed by atoms with Crippen molar-refractivity contribution in [2.75, 3.05) is 7.05 Å². The van der Waals surface area contributed by atoms with Crippen molar-refractivity contribution in [2.24, 2.45) is 0 Å². The minimum absolute atomic E-state index is 0.0875. The summed E-state index contributed by atoms with van der Waals surface area (Å²) >= 11 is 5.90. The molecule has 0 unspecified atom stereocenters. The number of pyridine rings is 1. The summed E-state index contributed by atoms with van der Waals surface area (Å²) in [5, 5.41) is 3.35. The van der Waals surface area contributed by atoms with Crippen LogP contribution in [0.15, 0.2) is 42.7 Å². The van der Waals surface area contributed by atoms with Gasteiger partial charge in [-0.25, -0.2) is 4.39 Å². The van der Waals surface area contributed by atoms with Crippen LogP contribution in [-0.2, 0) is 4.79 Å². The fourth-order valence-electron chi connectivity index (χ4n) is 2.92. The van der Waals surface area contributed by atoms with Crippen LogP contribution in [0.3, 0.4) is 0 Å². The smallest absolute Gasteiger partial charge is 0.254 e. The summed E-state index contributed by atoms with van der Waals surface area (Å²) in [6.45, 7) is 0. The van der Waals surface area contributed by atoms with Crippen molar-refractivity contribution in [1.29, 1.82) is 0 Å². The van der Waals surface area contributed by atoms with Crippen LogP contribution in [-0.4, -0.2) is 34.8 Å². The molecule has 3 rings (SSSR count). The fraction of sp³-hybridized carbons (Fsp3) is 0.235. The van der Waals surface area contributed by atoms with Crippen molar-refractivity contribution in [2.45, 2.75) is 18.5 Å². The van der Waals surface area contributed by atoms with Crippen LogP contribution in [0.5, 0.6) is 0 Å². The normalized spacial score (nSPS) is 20.3. The summed E-state index contributed by atoms with van der Waals surface area (Å²) in [5.74, 6) is -1.35. The van der Waals surface area contributed by atoms with Gasteiger partial charge in [-0.15, -0.1) is 0 Å². The molecule has 2 heterocycles. The molecular weight excluding hydrogens is 333 g/mol. The lowest BCUT2D eigenvalue weighted by molar-refractivity contribution is -0.127. The molecule has 2 aromatic rings. The summed E-state index contributed by atoms with van der Waals surface area (Å²) in [6.07, 6.45) is 2.49. The fourth-order valence-corrected chi connectivity index (χ4v) is 3.05. The summed E-state index contributed by atoms with van der Waals surface area (Å²) < 4.78 is 13.7. The van der Waals surface area contributed by atoms with Crippen LogP contribution in [0.1, 0.15) is 28.4 Å². The number of hydrogen-bond donors (Lipinski definition) is 1. The van der Waals surface area contributed by atoms with E-state index in [1.807, 2.05) is 12.1 Å². The van der Waals surface area contributed by atoms with Gasteiger partial charge in [-0.1, -0.05) is 23.7 Å². The quantitative estimate of drug-likeness (QED) is 0.928. The number of likely N-dealkylation sites (N-methyl/N-ethyl adjacent to an activating group) is 1. The summed E-state index contributed by atoms with van der Waals surface area (Å²) in [7, 11) is 1.68. The first kappa shape index (κ1) is 16.4. The molecule has 124 valence electrons. The van der Waals surface area contributed by atoms with E-state index in [2.05, 4.69) is 10.3 Å². The topological polar surface area (TPSA) is 62.3 Å². The molecule has 2 atom stereocenters. The van der Waals surface area contributed by atoms with Crippen LogP contribution in [0.2, 0.25) is 5.02 Å². The maximum Gasteiger partial charge on any atom is 0.254 e. The van der Waals surface area contributed by atoms with Gasteiger partial charge >= 0.3 is 0 Å². The Morgan fingerprint density at radius 3 is 2.71 bits per heavy atom. The molecule has 1 saturated heterocycles. The van der Waals surface area contributed by atoms with Gasteiger partial charge in [0.15, 0.2) is 5.82 Å². The number of halogens is 2. The molecule has 1 aliphatic rings. The number of aromatic nitrogens is 1. The third-order valence-corrected chi connectivity index (χ3v) is 4.38. The number of rotatable bonds is 3. The number of likely N-dealkylation sites (tertiary alicyclic amines) is 1. The molecule has 0 bridgehead atoms. The Morgan fingerprint density at radius 1 is 1.33 bits per heavy atom. The van der Waals surface area contributed by atoms with E-state index in [1.54, 1.807) is 24.1 Å². The number of hydrogen-bond acceptors (Lipinski definition) is 3. The average Bonchev–Trinajstić information content (AvgIpc) is 2.83. The van der Waals surface area contributed by atoms with Crippen molar-refractivity contribution in [3.05, 3.63) is 64.7 Å². The number of amides is 2. The molecular formula is C17H15ClFN3O2. The number of carbonyl (C=O) groups is 2. The van der Waals surface area contributed by atoms with Gasteiger partial charge in [-0.3, -0.25) is 14.6 Å². The summed E-state index contributed by atoms with van der Waals surface area (Å²) in [6, 6.07) is 7.61. The average molecular weight is 348 g/mol. The largest absolute Gasteiger partial charge is 0.346 e. The van der Waals surface area contributed by atoms with Gasteiger partial charge < -0.3 is 10.2 Å². The first-order chi connectivity index (χ1) is 11.5. The molecule has 1 aromatic heterocycles. The molecule has 0 saturated carbocycles. The van der Waals surface area contributed by atoms with E-state index in [4.69, 9.17) is 11.6 Å². The van der Waals surface area contributed by atoms with Crippen LogP contribution >= 0.6 is 11.6 Å². The highest BCUT2D eigenvalue weighted by atomic mass is 35.5. The van der Waals surface area contributed by atoms with Crippen molar-refractivity contribution >= 4 is 23.4 Å². The van der Waals surface area contributed by atoms with Crippen molar-refractivity contribution in [1.82, 2.24) is 15.2 Å². The number of nitrogens with one attached hydrogen (secondary N) is 1. The van der Waals surface area contributed by atoms with Gasteiger partial charge in [0.05, 0.1) is 23.8 Å². The van der Waals surface area contributed by atoms with E-state index >= 15 is 0 Å². The van der Waals surface area contributed by atoms with Crippen LogP contribution in [0, 0.1) is 5.82 Å². The molecule has 2 amide bonds. The van der Waals surface area contributed by atoms with Crippen molar-refractivity contribution in [3.63, 3.8) is 0 Å². The lowest BCUT2D eigenvalue weighted by atomic mass is 10.00. The molecule has 0 spiro atoms. The van der Waals surface area contributed by atoms with Gasteiger partial charge in [0, 0.05) is 24.7 Å². The van der Waals surface area contributed by atoms with E-state index in [1.165, 1.54) is 12.3 Å². The molecule has 0 aliphatic carbocycles. The predicted molar refractivity (Wildman–Crippen MR) is 87.0 cm³/mol. The summed E-state index contributed by atoms with van der Waals surface area (Å²) in [4.78, 5) is 29.6. The first-order valence-electron chi connectivity index (χ1n) is 7.39. The third-order valence-electron chi connectivity index (χ3n) is 4.13. The Balaban J connectivity index is 1.85. The van der Waals surface area contributed by atoms with Gasteiger partial charge in [0.2, 0.25) is 5.91 Å². The zero-order valence-corrected chi connectivity index (χ0v) is 13.6. The predicted octanol–water partition coefficient (Wildman–Crippen LogP) is 2.58. The van der Waals surface area contributed by atoms with Crippen LogP contribution in [0.25, 0.3) is 0 Å². The Bertz CT molecular complexity index is 782. The van der Waals surface area contributed by atoms with Crippen molar-refractivity contribution in [3.8, 4) is 0 Å². The van der Waals surface area contributed by atoms with Gasteiger partial charge in [-0.2, -0.15) is 0 Å².